The minimum atomic E-state index is -0.637. The highest BCUT2D eigenvalue weighted by atomic mass is 35.5. The van der Waals surface area contributed by atoms with Crippen LogP contribution < -0.4 is 14.2 Å². The van der Waals surface area contributed by atoms with Crippen molar-refractivity contribution in [1.82, 2.24) is 4.90 Å². The molecule has 1 amide bonds. The minimum Gasteiger partial charge on any atom is -0.496 e. The lowest BCUT2D eigenvalue weighted by atomic mass is 9.82. The third-order valence-electron chi connectivity index (χ3n) is 5.94. The lowest BCUT2D eigenvalue weighted by Gasteiger charge is -2.44. The summed E-state index contributed by atoms with van der Waals surface area (Å²) in [5.74, 6) is 1.33. The van der Waals surface area contributed by atoms with Crippen molar-refractivity contribution in [2.75, 3.05) is 27.3 Å². The fourth-order valence-corrected chi connectivity index (χ4v) is 4.64. The summed E-state index contributed by atoms with van der Waals surface area (Å²) >= 11 is 12.1. The second-order valence-corrected chi connectivity index (χ2v) is 8.76. The highest BCUT2D eigenvalue weighted by molar-refractivity contribution is 6.35. The zero-order chi connectivity index (χ0) is 22.9. The van der Waals surface area contributed by atoms with Crippen molar-refractivity contribution in [2.24, 2.45) is 0 Å². The molecule has 2 aliphatic rings. The van der Waals surface area contributed by atoms with E-state index in [1.54, 1.807) is 48.4 Å². The summed E-state index contributed by atoms with van der Waals surface area (Å²) < 4.78 is 17.0. The van der Waals surface area contributed by atoms with Gasteiger partial charge in [0, 0.05) is 54.2 Å². The Morgan fingerprint density at radius 1 is 1.12 bits per heavy atom. The Morgan fingerprint density at radius 3 is 2.53 bits per heavy atom. The summed E-state index contributed by atoms with van der Waals surface area (Å²) in [6, 6.07) is 8.52. The number of carbonyl (C=O) groups excluding carboxylic acids is 2. The molecule has 6 nitrogen and oxygen atoms in total. The van der Waals surface area contributed by atoms with Crippen molar-refractivity contribution in [3.63, 3.8) is 0 Å². The molecule has 0 bridgehead atoms. The number of hydrogen-bond donors (Lipinski definition) is 0. The Morgan fingerprint density at radius 2 is 1.88 bits per heavy atom. The molecule has 2 aromatic carbocycles. The van der Waals surface area contributed by atoms with Crippen LogP contribution >= 0.6 is 23.2 Å². The maximum Gasteiger partial charge on any atom is 0.246 e. The van der Waals surface area contributed by atoms with E-state index in [1.165, 1.54) is 13.2 Å². The summed E-state index contributed by atoms with van der Waals surface area (Å²) in [7, 11) is 3.07. The van der Waals surface area contributed by atoms with Gasteiger partial charge in [0.1, 0.15) is 28.4 Å². The molecule has 168 valence electrons. The maximum atomic E-state index is 13.0. The first-order valence-corrected chi connectivity index (χ1v) is 11.0. The fraction of sp³-hybridized carbons (Fsp3) is 0.333. The lowest BCUT2D eigenvalue weighted by molar-refractivity contribution is -0.129. The van der Waals surface area contributed by atoms with Gasteiger partial charge in [0.05, 0.1) is 20.6 Å². The molecule has 0 saturated carbocycles. The zero-order valence-electron chi connectivity index (χ0n) is 17.8. The normalized spacial score (nSPS) is 17.2. The molecule has 4 rings (SSSR count). The van der Waals surface area contributed by atoms with Gasteiger partial charge in [-0.25, -0.2) is 0 Å². The molecular formula is C24H23Cl2NO5. The summed E-state index contributed by atoms with van der Waals surface area (Å²) in [6.07, 6.45) is 4.55. The van der Waals surface area contributed by atoms with E-state index in [4.69, 9.17) is 37.4 Å². The van der Waals surface area contributed by atoms with Crippen LogP contribution in [0, 0.1) is 0 Å². The summed E-state index contributed by atoms with van der Waals surface area (Å²) in [4.78, 5) is 27.4. The Labute approximate surface area is 196 Å². The van der Waals surface area contributed by atoms with Crippen molar-refractivity contribution in [3.8, 4) is 17.2 Å². The largest absolute Gasteiger partial charge is 0.496 e. The van der Waals surface area contributed by atoms with E-state index in [9.17, 15) is 9.59 Å². The first-order valence-electron chi connectivity index (χ1n) is 10.2. The van der Waals surface area contributed by atoms with Gasteiger partial charge in [-0.15, -0.1) is 0 Å². The Balaban J connectivity index is 1.46. The number of likely N-dealkylation sites (tertiary alicyclic amines) is 1. The molecule has 1 fully saturated rings. The quantitative estimate of drug-likeness (QED) is 0.578. The van der Waals surface area contributed by atoms with E-state index in [0.717, 1.165) is 5.56 Å². The Bertz CT molecular complexity index is 1090. The molecular weight excluding hydrogens is 453 g/mol. The molecule has 8 heteroatoms. The van der Waals surface area contributed by atoms with Crippen molar-refractivity contribution in [1.29, 1.82) is 0 Å². The van der Waals surface area contributed by atoms with E-state index >= 15 is 0 Å². The number of ketones is 1. The van der Waals surface area contributed by atoms with Crippen LogP contribution in [0.1, 0.15) is 35.2 Å². The summed E-state index contributed by atoms with van der Waals surface area (Å²) in [5, 5.41) is 1.02. The zero-order valence-corrected chi connectivity index (χ0v) is 19.3. The molecule has 0 aromatic heterocycles. The number of rotatable bonds is 4. The highest BCUT2D eigenvalue weighted by Gasteiger charge is 2.44. The van der Waals surface area contributed by atoms with E-state index in [0.29, 0.717) is 58.8 Å². The van der Waals surface area contributed by atoms with Crippen molar-refractivity contribution in [2.45, 2.75) is 24.9 Å². The van der Waals surface area contributed by atoms with Crippen LogP contribution in [0.3, 0.4) is 0 Å². The Hall–Kier alpha value is -2.70. The van der Waals surface area contributed by atoms with Crippen molar-refractivity contribution in [3.05, 3.63) is 57.6 Å². The fourth-order valence-electron chi connectivity index (χ4n) is 4.17. The van der Waals surface area contributed by atoms with E-state index in [2.05, 4.69) is 0 Å². The number of Topliss-reactive ketones (excluding diaryl/α,β-unsaturated/α-hetero) is 1. The monoisotopic (exact) mass is 475 g/mol. The number of methoxy groups -OCH3 is 2. The second-order valence-electron chi connectivity index (χ2n) is 7.91. The first-order chi connectivity index (χ1) is 15.3. The SMILES string of the molecule is COc1cc(OC)c2c(c1)OC1(CCN(C(=O)/C=C/c3ccc(Cl)cc3Cl)CC1)CC2=O. The first kappa shape index (κ1) is 22.5. The van der Waals surface area contributed by atoms with E-state index < -0.39 is 5.60 Å². The van der Waals surface area contributed by atoms with Gasteiger partial charge < -0.3 is 19.1 Å². The molecule has 32 heavy (non-hydrogen) atoms. The number of ether oxygens (including phenoxy) is 3. The predicted octanol–water partition coefficient (Wildman–Crippen LogP) is 5.05. The van der Waals surface area contributed by atoms with Gasteiger partial charge in [0.2, 0.25) is 5.91 Å². The number of hydrogen-bond acceptors (Lipinski definition) is 5. The topological polar surface area (TPSA) is 65.1 Å². The van der Waals surface area contributed by atoms with Crippen LogP contribution in [0.5, 0.6) is 17.2 Å². The molecule has 0 N–H and O–H groups in total. The van der Waals surface area contributed by atoms with Gasteiger partial charge >= 0.3 is 0 Å². The van der Waals surface area contributed by atoms with Crippen LogP contribution in [0.2, 0.25) is 10.0 Å². The van der Waals surface area contributed by atoms with E-state index in [1.807, 2.05) is 0 Å². The van der Waals surface area contributed by atoms with Gasteiger partial charge in [0.15, 0.2) is 5.78 Å². The number of nitrogens with zero attached hydrogens (tertiary/aromatic N) is 1. The van der Waals surface area contributed by atoms with E-state index in [-0.39, 0.29) is 18.1 Å². The average Bonchev–Trinajstić information content (AvgIpc) is 2.77. The summed E-state index contributed by atoms with van der Waals surface area (Å²) in [5.41, 5.74) is 0.528. The van der Waals surface area contributed by atoms with Gasteiger partial charge in [0.25, 0.3) is 0 Å². The van der Waals surface area contributed by atoms with Crippen molar-refractivity contribution < 1.29 is 23.8 Å². The molecule has 0 atom stereocenters. The number of piperidine rings is 1. The molecule has 0 unspecified atom stereocenters. The average molecular weight is 476 g/mol. The minimum absolute atomic E-state index is 0.0252. The van der Waals surface area contributed by atoms with Crippen LogP contribution in [-0.2, 0) is 4.79 Å². The maximum absolute atomic E-state index is 13.0. The highest BCUT2D eigenvalue weighted by Crippen LogP contribution is 2.44. The smallest absolute Gasteiger partial charge is 0.246 e. The Kier molecular flexibility index (Phi) is 6.35. The number of benzene rings is 2. The predicted molar refractivity (Wildman–Crippen MR) is 123 cm³/mol. The van der Waals surface area contributed by atoms with Gasteiger partial charge in [-0.1, -0.05) is 29.3 Å². The molecule has 1 spiro atoms. The van der Waals surface area contributed by atoms with Crippen LogP contribution in [0.25, 0.3) is 6.08 Å². The van der Waals surface area contributed by atoms with Gasteiger partial charge in [-0.2, -0.15) is 0 Å². The van der Waals surface area contributed by atoms with Crippen LogP contribution in [0.4, 0.5) is 0 Å². The second kappa shape index (κ2) is 9.04. The number of fused-ring (bicyclic) bond motifs is 1. The standard InChI is InChI=1S/C24H23Cl2NO5/c1-30-17-12-20(31-2)23-19(28)14-24(32-21(23)13-17)7-9-27(10-8-24)22(29)6-4-15-3-5-16(25)11-18(15)26/h3-6,11-13H,7-10,14H2,1-2H3/b6-4+. The third kappa shape index (κ3) is 4.43. The van der Waals surface area contributed by atoms with Gasteiger partial charge in [-0.3, -0.25) is 9.59 Å². The molecule has 2 aliphatic heterocycles. The molecule has 0 aliphatic carbocycles. The van der Waals surface area contributed by atoms with Crippen molar-refractivity contribution >= 4 is 41.0 Å². The number of halogens is 2. The number of carbonyl (C=O) groups is 2. The molecule has 2 aromatic rings. The number of amides is 1. The third-order valence-corrected chi connectivity index (χ3v) is 6.50. The molecule has 1 saturated heterocycles. The van der Waals surface area contributed by atoms with Gasteiger partial charge in [-0.05, 0) is 23.8 Å². The molecule has 2 heterocycles. The van der Waals surface area contributed by atoms with Crippen LogP contribution in [-0.4, -0.2) is 49.5 Å². The lowest BCUT2D eigenvalue weighted by Crippen LogP contribution is -2.52. The van der Waals surface area contributed by atoms with Crippen LogP contribution in [0.15, 0.2) is 36.4 Å². The summed E-state index contributed by atoms with van der Waals surface area (Å²) in [6.45, 7) is 0.975. The molecule has 0 radical (unpaired) electrons.